The molecule has 0 aliphatic heterocycles. The van der Waals surface area contributed by atoms with Gasteiger partial charge >= 0.3 is 7.12 Å². The molecule has 76 valence electrons. The second kappa shape index (κ2) is 3.98. The quantitative estimate of drug-likeness (QED) is 0.583. The van der Waals surface area contributed by atoms with Gasteiger partial charge in [0.2, 0.25) is 0 Å². The number of aromatic nitrogens is 1. The van der Waals surface area contributed by atoms with Crippen molar-refractivity contribution in [3.05, 3.63) is 34.4 Å². The fraction of sp³-hybridized carbons (Fsp3) is 0. The van der Waals surface area contributed by atoms with Gasteiger partial charge in [0, 0.05) is 10.8 Å². The maximum absolute atomic E-state index is 9.03. The first-order valence-electron chi connectivity index (χ1n) is 4.20. The molecule has 1 heterocycles. The van der Waals surface area contributed by atoms with E-state index < -0.39 is 7.12 Å². The van der Waals surface area contributed by atoms with E-state index >= 15 is 0 Å². The van der Waals surface area contributed by atoms with Crippen LogP contribution in [0.25, 0.3) is 10.9 Å². The van der Waals surface area contributed by atoms with E-state index in [1.807, 2.05) is 0 Å². The Balaban J connectivity index is 2.76. The van der Waals surface area contributed by atoms with E-state index in [0.29, 0.717) is 10.5 Å². The molecule has 1 aromatic carbocycles. The largest absolute Gasteiger partial charge is 0.491 e. The maximum Gasteiger partial charge on any atom is 0.491 e. The fourth-order valence-corrected chi connectivity index (χ4v) is 1.80. The van der Waals surface area contributed by atoms with Gasteiger partial charge in [-0.25, -0.2) is 4.98 Å². The highest BCUT2D eigenvalue weighted by atomic mass is 35.5. The third kappa shape index (κ3) is 1.94. The number of pyridine rings is 1. The first kappa shape index (κ1) is 10.7. The molecule has 0 bridgehead atoms. The Kier molecular flexibility index (Phi) is 2.84. The lowest BCUT2D eigenvalue weighted by atomic mass is 9.81. The van der Waals surface area contributed by atoms with E-state index in [4.69, 9.17) is 33.2 Å². The molecule has 0 saturated carbocycles. The van der Waals surface area contributed by atoms with E-state index in [0.717, 1.165) is 5.39 Å². The molecule has 15 heavy (non-hydrogen) atoms. The minimum absolute atomic E-state index is 0.0469. The van der Waals surface area contributed by atoms with Gasteiger partial charge in [-0.2, -0.15) is 0 Å². The summed E-state index contributed by atoms with van der Waals surface area (Å²) in [4.78, 5) is 4.01. The molecule has 0 unspecified atom stereocenters. The third-order valence-corrected chi connectivity index (χ3v) is 2.66. The average molecular weight is 242 g/mol. The second-order valence-electron chi connectivity index (χ2n) is 3.05. The summed E-state index contributed by atoms with van der Waals surface area (Å²) in [6, 6.07) is 6.79. The van der Waals surface area contributed by atoms with Crippen LogP contribution >= 0.6 is 23.2 Å². The molecular weight excluding hydrogens is 236 g/mol. The van der Waals surface area contributed by atoms with Crippen LogP contribution in [-0.2, 0) is 0 Å². The minimum atomic E-state index is -1.63. The van der Waals surface area contributed by atoms with Gasteiger partial charge in [-0.3, -0.25) is 0 Å². The van der Waals surface area contributed by atoms with Gasteiger partial charge in [-0.15, -0.1) is 0 Å². The van der Waals surface area contributed by atoms with Gasteiger partial charge in [-0.05, 0) is 12.1 Å². The van der Waals surface area contributed by atoms with E-state index in [1.165, 1.54) is 0 Å². The molecule has 0 fully saturated rings. The Morgan fingerprint density at radius 3 is 2.60 bits per heavy atom. The van der Waals surface area contributed by atoms with Crippen molar-refractivity contribution < 1.29 is 10.0 Å². The third-order valence-electron chi connectivity index (χ3n) is 2.06. The van der Waals surface area contributed by atoms with Crippen LogP contribution in [-0.4, -0.2) is 22.2 Å². The van der Waals surface area contributed by atoms with Crippen LogP contribution in [0.2, 0.25) is 10.2 Å². The van der Waals surface area contributed by atoms with Gasteiger partial charge in [0.25, 0.3) is 0 Å². The van der Waals surface area contributed by atoms with Crippen molar-refractivity contribution in [3.63, 3.8) is 0 Å². The zero-order chi connectivity index (χ0) is 11.0. The zero-order valence-electron chi connectivity index (χ0n) is 7.48. The monoisotopic (exact) mass is 241 g/mol. The second-order valence-corrected chi connectivity index (χ2v) is 3.82. The summed E-state index contributed by atoms with van der Waals surface area (Å²) in [5.41, 5.74) is 0.722. The van der Waals surface area contributed by atoms with Crippen molar-refractivity contribution in [1.29, 1.82) is 0 Å². The highest BCUT2D eigenvalue weighted by Crippen LogP contribution is 2.22. The molecule has 6 heteroatoms. The summed E-state index contributed by atoms with van der Waals surface area (Å²) >= 11 is 11.7. The summed E-state index contributed by atoms with van der Waals surface area (Å²) in [6.45, 7) is 0. The highest BCUT2D eigenvalue weighted by molar-refractivity contribution is 6.62. The number of rotatable bonds is 1. The van der Waals surface area contributed by atoms with E-state index in [9.17, 15) is 0 Å². The van der Waals surface area contributed by atoms with Gasteiger partial charge in [0.1, 0.15) is 5.15 Å². The van der Waals surface area contributed by atoms with Gasteiger partial charge in [0.15, 0.2) is 0 Å². The average Bonchev–Trinajstić information content (AvgIpc) is 2.18. The van der Waals surface area contributed by atoms with E-state index in [2.05, 4.69) is 4.98 Å². The Labute approximate surface area is 96.4 Å². The Morgan fingerprint density at radius 1 is 1.20 bits per heavy atom. The van der Waals surface area contributed by atoms with Gasteiger partial charge in [-0.1, -0.05) is 35.3 Å². The zero-order valence-corrected chi connectivity index (χ0v) is 9.00. The van der Waals surface area contributed by atoms with Crippen LogP contribution < -0.4 is 5.46 Å². The molecule has 0 atom stereocenters. The molecule has 2 rings (SSSR count). The molecule has 2 aromatic rings. The number of fused-ring (bicyclic) bond motifs is 1. The molecule has 0 saturated heterocycles. The summed E-state index contributed by atoms with van der Waals surface area (Å²) < 4.78 is 0. The van der Waals surface area contributed by atoms with Crippen LogP contribution in [0.4, 0.5) is 0 Å². The lowest BCUT2D eigenvalue weighted by Gasteiger charge is -2.05. The first-order valence-corrected chi connectivity index (χ1v) is 4.96. The van der Waals surface area contributed by atoms with Crippen LogP contribution in [0.1, 0.15) is 0 Å². The molecule has 2 N–H and O–H groups in total. The number of halogens is 2. The fourth-order valence-electron chi connectivity index (χ4n) is 1.34. The summed E-state index contributed by atoms with van der Waals surface area (Å²) in [6.07, 6.45) is 0. The number of para-hydroxylation sites is 1. The smallest absolute Gasteiger partial charge is 0.423 e. The summed E-state index contributed by atoms with van der Waals surface area (Å²) in [5.74, 6) is 0. The van der Waals surface area contributed by atoms with Gasteiger partial charge < -0.3 is 10.0 Å². The predicted molar refractivity (Wildman–Crippen MR) is 61.6 cm³/mol. The topological polar surface area (TPSA) is 53.4 Å². The Hall–Kier alpha value is -0.805. The summed E-state index contributed by atoms with van der Waals surface area (Å²) in [7, 11) is -1.63. The lowest BCUT2D eigenvalue weighted by molar-refractivity contribution is 0.425. The van der Waals surface area contributed by atoms with Crippen molar-refractivity contribution >= 4 is 46.7 Å². The van der Waals surface area contributed by atoms with Crippen LogP contribution in [0.5, 0.6) is 0 Å². The van der Waals surface area contributed by atoms with Crippen molar-refractivity contribution in [3.8, 4) is 0 Å². The molecular formula is C9H6BCl2NO2. The van der Waals surface area contributed by atoms with Crippen molar-refractivity contribution in [1.82, 2.24) is 4.98 Å². The van der Waals surface area contributed by atoms with E-state index in [1.54, 1.807) is 24.3 Å². The summed E-state index contributed by atoms with van der Waals surface area (Å²) in [5, 5.41) is 19.3. The molecule has 0 amide bonds. The Morgan fingerprint density at radius 2 is 1.93 bits per heavy atom. The van der Waals surface area contributed by atoms with Crippen LogP contribution in [0.3, 0.4) is 0 Å². The van der Waals surface area contributed by atoms with E-state index in [-0.39, 0.29) is 10.6 Å². The molecule has 0 radical (unpaired) electrons. The van der Waals surface area contributed by atoms with Crippen molar-refractivity contribution in [2.24, 2.45) is 0 Å². The Bertz CT molecular complexity index is 519. The van der Waals surface area contributed by atoms with Crippen LogP contribution in [0.15, 0.2) is 24.3 Å². The molecule has 0 aliphatic rings. The van der Waals surface area contributed by atoms with Crippen molar-refractivity contribution in [2.45, 2.75) is 0 Å². The van der Waals surface area contributed by atoms with Crippen molar-refractivity contribution in [2.75, 3.05) is 0 Å². The molecule has 1 aromatic heterocycles. The highest BCUT2D eigenvalue weighted by Gasteiger charge is 2.17. The number of nitrogens with zero attached hydrogens (tertiary/aromatic N) is 1. The van der Waals surface area contributed by atoms with Gasteiger partial charge in [0.05, 0.1) is 10.5 Å². The first-order chi connectivity index (χ1) is 7.09. The van der Waals surface area contributed by atoms with Crippen LogP contribution in [0, 0.1) is 0 Å². The molecule has 3 nitrogen and oxygen atoms in total. The number of benzene rings is 1. The predicted octanol–water partition coefficient (Wildman–Crippen LogP) is 1.22. The lowest BCUT2D eigenvalue weighted by Crippen LogP contribution is -2.31. The normalized spacial score (nSPS) is 10.7. The SMILES string of the molecule is OB(O)c1cc2cccc(Cl)c2nc1Cl. The standard InChI is InChI=1S/C9H6BCl2NO2/c11-7-3-1-2-5-4-6(10(14)15)9(12)13-8(5)7/h1-4,14-15H. The number of hydrogen-bond donors (Lipinski definition) is 2. The minimum Gasteiger partial charge on any atom is -0.423 e. The number of hydrogen-bond acceptors (Lipinski definition) is 3. The molecule has 0 aliphatic carbocycles. The maximum atomic E-state index is 9.03. The molecule has 0 spiro atoms.